The third kappa shape index (κ3) is 4.38. The van der Waals surface area contributed by atoms with Gasteiger partial charge in [0.25, 0.3) is 0 Å². The van der Waals surface area contributed by atoms with Crippen LogP contribution in [0.25, 0.3) is 0 Å². The number of nitrogens with one attached hydrogen (secondary N) is 1. The van der Waals surface area contributed by atoms with E-state index in [1.807, 2.05) is 56.8 Å². The maximum atomic E-state index is 11.4. The summed E-state index contributed by atoms with van der Waals surface area (Å²) >= 11 is 0. The summed E-state index contributed by atoms with van der Waals surface area (Å²) < 4.78 is 7.19. The zero-order chi connectivity index (χ0) is 12.2. The molecule has 1 rings (SSSR count). The van der Waals surface area contributed by atoms with E-state index in [2.05, 4.69) is 5.32 Å². The van der Waals surface area contributed by atoms with Gasteiger partial charge in [-0.2, -0.15) is 0 Å². The van der Waals surface area contributed by atoms with Crippen LogP contribution in [0, 0.1) is 0 Å². The van der Waals surface area contributed by atoms with E-state index in [1.54, 1.807) is 0 Å². The quantitative estimate of drug-likeness (QED) is 0.857. The fourth-order valence-electron chi connectivity index (χ4n) is 1.29. The first-order valence-electron chi connectivity index (χ1n) is 5.48. The predicted octanol–water partition coefficient (Wildman–Crippen LogP) is 2.57. The van der Waals surface area contributed by atoms with Gasteiger partial charge in [-0.15, -0.1) is 0 Å². The van der Waals surface area contributed by atoms with E-state index in [1.165, 1.54) is 0 Å². The van der Waals surface area contributed by atoms with Gasteiger partial charge in [-0.25, -0.2) is 4.79 Å². The van der Waals surface area contributed by atoms with Gasteiger partial charge >= 0.3 is 6.09 Å². The summed E-state index contributed by atoms with van der Waals surface area (Å²) in [5, 5.41) is 2.75. The Balaban J connectivity index is 2.32. The third-order valence-electron chi connectivity index (χ3n) is 2.08. The maximum absolute atomic E-state index is 11.4. The van der Waals surface area contributed by atoms with Crippen molar-refractivity contribution in [3.63, 3.8) is 0 Å². The lowest BCUT2D eigenvalue weighted by Gasteiger charge is -2.21. The molecule has 0 aromatic carbocycles. The van der Waals surface area contributed by atoms with E-state index in [-0.39, 0.29) is 12.1 Å². The van der Waals surface area contributed by atoms with Gasteiger partial charge in [0.2, 0.25) is 0 Å². The van der Waals surface area contributed by atoms with Gasteiger partial charge in [0.05, 0.1) is 0 Å². The Morgan fingerprint density at radius 1 is 1.38 bits per heavy atom. The van der Waals surface area contributed by atoms with Gasteiger partial charge in [-0.3, -0.25) is 0 Å². The lowest BCUT2D eigenvalue weighted by atomic mass is 10.2. The fraction of sp³-hybridized carbons (Fsp3) is 0.583. The van der Waals surface area contributed by atoms with Crippen molar-refractivity contribution in [3.8, 4) is 0 Å². The molecule has 1 aromatic heterocycles. The average molecular weight is 224 g/mol. The molecule has 0 radical (unpaired) electrons. The molecule has 1 atom stereocenters. The highest BCUT2D eigenvalue weighted by Crippen LogP contribution is 2.08. The molecular formula is C12H20N2O2. The van der Waals surface area contributed by atoms with Gasteiger partial charge in [0, 0.05) is 25.0 Å². The lowest BCUT2D eigenvalue weighted by Crippen LogP contribution is -2.35. The largest absolute Gasteiger partial charge is 0.444 e. The summed E-state index contributed by atoms with van der Waals surface area (Å²) in [6.45, 7) is 8.15. The van der Waals surface area contributed by atoms with Crippen LogP contribution in [0.2, 0.25) is 0 Å². The molecule has 1 heterocycles. The van der Waals surface area contributed by atoms with Crippen molar-refractivity contribution < 1.29 is 9.53 Å². The Morgan fingerprint density at radius 3 is 2.44 bits per heavy atom. The minimum absolute atomic E-state index is 0.225. The van der Waals surface area contributed by atoms with Crippen LogP contribution in [-0.4, -0.2) is 22.8 Å². The third-order valence-corrected chi connectivity index (χ3v) is 2.08. The normalized spacial score (nSPS) is 13.2. The van der Waals surface area contributed by atoms with Crippen LogP contribution in [0.4, 0.5) is 4.79 Å². The van der Waals surface area contributed by atoms with E-state index < -0.39 is 5.60 Å². The van der Waals surface area contributed by atoms with Crippen LogP contribution in [0.5, 0.6) is 0 Å². The second-order valence-corrected chi connectivity index (χ2v) is 4.86. The molecule has 0 fully saturated rings. The molecule has 90 valence electrons. The van der Waals surface area contributed by atoms with Crippen molar-refractivity contribution >= 4 is 6.09 Å². The number of amides is 1. The highest BCUT2D eigenvalue weighted by molar-refractivity contribution is 5.67. The van der Waals surface area contributed by atoms with Crippen molar-refractivity contribution in [2.75, 3.05) is 6.54 Å². The van der Waals surface area contributed by atoms with E-state index in [9.17, 15) is 4.79 Å². The highest BCUT2D eigenvalue weighted by Gasteiger charge is 2.16. The minimum atomic E-state index is -0.444. The topological polar surface area (TPSA) is 43.3 Å². The van der Waals surface area contributed by atoms with E-state index >= 15 is 0 Å². The molecule has 4 heteroatoms. The van der Waals surface area contributed by atoms with E-state index in [0.29, 0.717) is 6.54 Å². The number of rotatable bonds is 3. The van der Waals surface area contributed by atoms with Gasteiger partial charge in [-0.1, -0.05) is 0 Å². The van der Waals surface area contributed by atoms with Crippen molar-refractivity contribution in [2.24, 2.45) is 0 Å². The van der Waals surface area contributed by atoms with Gasteiger partial charge < -0.3 is 14.6 Å². The van der Waals surface area contributed by atoms with Gasteiger partial charge in [0.1, 0.15) is 5.60 Å². The molecule has 0 bridgehead atoms. The predicted molar refractivity (Wildman–Crippen MR) is 63.4 cm³/mol. The van der Waals surface area contributed by atoms with Crippen LogP contribution in [0.1, 0.15) is 33.7 Å². The summed E-state index contributed by atoms with van der Waals surface area (Å²) in [5.41, 5.74) is -0.444. The summed E-state index contributed by atoms with van der Waals surface area (Å²) in [6.07, 6.45) is 3.58. The Hall–Kier alpha value is -1.45. The molecule has 4 nitrogen and oxygen atoms in total. The number of carbonyl (C=O) groups is 1. The van der Waals surface area contributed by atoms with Crippen molar-refractivity contribution in [3.05, 3.63) is 24.5 Å². The van der Waals surface area contributed by atoms with Crippen molar-refractivity contribution in [2.45, 2.75) is 39.3 Å². The summed E-state index contributed by atoms with van der Waals surface area (Å²) in [5.74, 6) is 0. The number of hydrogen-bond acceptors (Lipinski definition) is 2. The Labute approximate surface area is 96.6 Å². The van der Waals surface area contributed by atoms with Crippen LogP contribution in [-0.2, 0) is 4.74 Å². The molecule has 0 aliphatic rings. The lowest BCUT2D eigenvalue weighted by molar-refractivity contribution is 0.0521. The molecule has 1 amide bonds. The van der Waals surface area contributed by atoms with Crippen LogP contribution < -0.4 is 5.32 Å². The van der Waals surface area contributed by atoms with Gasteiger partial charge in [-0.05, 0) is 39.8 Å². The zero-order valence-electron chi connectivity index (χ0n) is 10.4. The fourth-order valence-corrected chi connectivity index (χ4v) is 1.29. The van der Waals surface area contributed by atoms with E-state index in [4.69, 9.17) is 4.74 Å². The standard InChI is InChI=1S/C12H20N2O2/c1-10(14-7-5-6-8-14)9-13-11(15)16-12(2,3)4/h5-8,10H,9H2,1-4H3,(H,13,15)/t10-/m1/s1. The molecule has 0 spiro atoms. The Kier molecular flexibility index (Phi) is 3.99. The summed E-state index contributed by atoms with van der Waals surface area (Å²) in [6, 6.07) is 4.15. The Bertz CT molecular complexity index is 325. The molecule has 0 unspecified atom stereocenters. The smallest absolute Gasteiger partial charge is 0.407 e. The molecule has 0 saturated carbocycles. The SMILES string of the molecule is C[C@H](CNC(=O)OC(C)(C)C)n1cccc1. The number of carbonyl (C=O) groups excluding carboxylic acids is 1. The van der Waals surface area contributed by atoms with Gasteiger partial charge in [0.15, 0.2) is 0 Å². The monoisotopic (exact) mass is 224 g/mol. The van der Waals surface area contributed by atoms with Crippen LogP contribution >= 0.6 is 0 Å². The summed E-state index contributed by atoms with van der Waals surface area (Å²) in [7, 11) is 0. The van der Waals surface area contributed by atoms with Crippen molar-refractivity contribution in [1.82, 2.24) is 9.88 Å². The molecule has 1 N–H and O–H groups in total. The first-order chi connectivity index (χ1) is 7.38. The van der Waals surface area contributed by atoms with E-state index in [0.717, 1.165) is 0 Å². The highest BCUT2D eigenvalue weighted by atomic mass is 16.6. The molecule has 0 aliphatic heterocycles. The minimum Gasteiger partial charge on any atom is -0.444 e. The second kappa shape index (κ2) is 5.05. The maximum Gasteiger partial charge on any atom is 0.407 e. The Morgan fingerprint density at radius 2 is 1.94 bits per heavy atom. The zero-order valence-corrected chi connectivity index (χ0v) is 10.4. The average Bonchev–Trinajstić information content (AvgIpc) is 2.64. The second-order valence-electron chi connectivity index (χ2n) is 4.86. The number of ether oxygens (including phenoxy) is 1. The van der Waals surface area contributed by atoms with Crippen LogP contribution in [0.3, 0.4) is 0 Å². The number of nitrogens with zero attached hydrogens (tertiary/aromatic N) is 1. The molecule has 16 heavy (non-hydrogen) atoms. The summed E-state index contributed by atoms with van der Waals surface area (Å²) in [4.78, 5) is 11.4. The molecular weight excluding hydrogens is 204 g/mol. The number of alkyl carbamates (subject to hydrolysis) is 1. The first kappa shape index (κ1) is 12.6. The first-order valence-corrected chi connectivity index (χ1v) is 5.48. The molecule has 1 aromatic rings. The van der Waals surface area contributed by atoms with Crippen LogP contribution in [0.15, 0.2) is 24.5 Å². The molecule has 0 saturated heterocycles. The number of hydrogen-bond donors (Lipinski definition) is 1. The number of aromatic nitrogens is 1. The van der Waals surface area contributed by atoms with Crippen molar-refractivity contribution in [1.29, 1.82) is 0 Å². The molecule has 0 aliphatic carbocycles.